The van der Waals surface area contributed by atoms with Crippen molar-refractivity contribution in [2.75, 3.05) is 0 Å². The van der Waals surface area contributed by atoms with Crippen molar-refractivity contribution in [3.8, 4) is 22.5 Å². The lowest BCUT2D eigenvalue weighted by molar-refractivity contribution is 0.451. The van der Waals surface area contributed by atoms with Crippen molar-refractivity contribution in [2.24, 2.45) is 0 Å². The molecule has 0 saturated heterocycles. The molecule has 51 heavy (non-hydrogen) atoms. The van der Waals surface area contributed by atoms with Crippen LogP contribution in [-0.2, 0) is 18.5 Å². The van der Waals surface area contributed by atoms with E-state index in [1.54, 1.807) is 6.07 Å². The van der Waals surface area contributed by atoms with Crippen LogP contribution >= 0.6 is 0 Å². The minimum absolute atomic E-state index is 0.157. The number of aromatic nitrogens is 8. The zero-order valence-electron chi connectivity index (χ0n) is 28.2. The van der Waals surface area contributed by atoms with Gasteiger partial charge in [-0.05, 0) is 56.6 Å². The predicted molar refractivity (Wildman–Crippen MR) is 198 cm³/mol. The normalized spacial score (nSPS) is 11.6. The third-order valence-corrected chi connectivity index (χ3v) is 9.54. The highest BCUT2D eigenvalue weighted by Crippen LogP contribution is 2.43. The molecule has 8 aromatic rings. The number of hydrogen-bond acceptors (Lipinski definition) is 6. The van der Waals surface area contributed by atoms with E-state index in [-0.39, 0.29) is 5.56 Å². The number of hydrogen-bond donors (Lipinski definition) is 0. The van der Waals surface area contributed by atoms with Gasteiger partial charge in [-0.2, -0.15) is 14.6 Å². The Morgan fingerprint density at radius 2 is 1.27 bits per heavy atom. The maximum absolute atomic E-state index is 12.7. The molecule has 9 nitrogen and oxygen atoms in total. The molecule has 0 spiro atoms. The third kappa shape index (κ3) is 5.72. The Kier molecular flexibility index (Phi) is 8.59. The molecule has 0 aliphatic carbocycles. The largest absolute Gasteiger partial charge is 0.310 e. The Hall–Kier alpha value is -6.48. The molecule has 0 fully saturated rings. The van der Waals surface area contributed by atoms with Crippen LogP contribution in [0.1, 0.15) is 47.7 Å². The van der Waals surface area contributed by atoms with E-state index in [1.807, 2.05) is 35.0 Å². The molecule has 0 aliphatic heterocycles. The smallest absolute Gasteiger partial charge is 0.275 e. The summed E-state index contributed by atoms with van der Waals surface area (Å²) in [6, 6.07) is 49.8. The van der Waals surface area contributed by atoms with Crippen LogP contribution in [0.25, 0.3) is 28.3 Å². The fourth-order valence-corrected chi connectivity index (χ4v) is 7.11. The first-order valence-corrected chi connectivity index (χ1v) is 17.2. The van der Waals surface area contributed by atoms with Gasteiger partial charge in [0.25, 0.3) is 5.56 Å². The molecule has 3 heterocycles. The SMILES string of the molecule is CCCCc1cc(=O)n2ncnc2n1Cc1ccc(-c2ccccc2-c2nnnn2C(c2ccccc2)(c2ccccc2)c2ccccc2)cc1. The third-order valence-electron chi connectivity index (χ3n) is 9.54. The number of unbranched alkanes of at least 4 members (excludes halogenated alkanes) is 1. The number of rotatable bonds is 11. The molecule has 8 rings (SSSR count). The summed E-state index contributed by atoms with van der Waals surface area (Å²) in [6.45, 7) is 2.72. The van der Waals surface area contributed by atoms with Crippen molar-refractivity contribution in [2.45, 2.75) is 38.3 Å². The number of fused-ring (bicyclic) bond motifs is 1. The Bertz CT molecular complexity index is 2350. The maximum atomic E-state index is 12.7. The molecular formula is C42H36N8O. The average molecular weight is 669 g/mol. The van der Waals surface area contributed by atoms with Crippen molar-refractivity contribution in [3.05, 3.63) is 190 Å². The highest BCUT2D eigenvalue weighted by molar-refractivity contribution is 5.81. The summed E-state index contributed by atoms with van der Waals surface area (Å²) in [7, 11) is 0. The Morgan fingerprint density at radius 3 is 1.88 bits per heavy atom. The predicted octanol–water partition coefficient (Wildman–Crippen LogP) is 7.44. The van der Waals surface area contributed by atoms with Crippen LogP contribution in [0.2, 0.25) is 0 Å². The van der Waals surface area contributed by atoms with E-state index in [1.165, 1.54) is 10.8 Å². The van der Waals surface area contributed by atoms with Gasteiger partial charge in [-0.15, -0.1) is 5.10 Å². The molecule has 0 N–H and O–H groups in total. The zero-order valence-corrected chi connectivity index (χ0v) is 28.2. The minimum atomic E-state index is -0.862. The van der Waals surface area contributed by atoms with Gasteiger partial charge in [0.05, 0.1) is 6.54 Å². The Morgan fingerprint density at radius 1 is 0.686 bits per heavy atom. The molecule has 0 amide bonds. The van der Waals surface area contributed by atoms with Crippen molar-refractivity contribution >= 4 is 5.78 Å². The van der Waals surface area contributed by atoms with Crippen molar-refractivity contribution in [3.63, 3.8) is 0 Å². The summed E-state index contributed by atoms with van der Waals surface area (Å²) in [5, 5.41) is 18.0. The van der Waals surface area contributed by atoms with Gasteiger partial charge in [-0.3, -0.25) is 4.79 Å². The summed E-state index contributed by atoms with van der Waals surface area (Å²) in [5.74, 6) is 1.20. The molecule has 0 radical (unpaired) electrons. The van der Waals surface area contributed by atoms with Crippen molar-refractivity contribution in [1.29, 1.82) is 0 Å². The standard InChI is InChI=1S/C42H36N8O/c1-2-3-21-36-28-39(51)49-41(43-30-44-49)48(36)29-31-24-26-32(27-25-31)37-22-13-14-23-38(37)40-45-46-47-50(40)42(33-15-7-4-8-16-33,34-17-9-5-10-18-34)35-19-11-6-12-20-35/h4-20,22-28,30H,2-3,21,29H2,1H3. The molecule has 0 bridgehead atoms. The van der Waals surface area contributed by atoms with E-state index in [0.717, 1.165) is 63.9 Å². The van der Waals surface area contributed by atoms with Crippen LogP contribution in [0.4, 0.5) is 0 Å². The van der Waals surface area contributed by atoms with Crippen LogP contribution in [-0.4, -0.2) is 39.4 Å². The van der Waals surface area contributed by atoms with Crippen LogP contribution < -0.4 is 5.56 Å². The number of aryl methyl sites for hydroxylation is 1. The lowest BCUT2D eigenvalue weighted by atomic mass is 9.77. The Labute approximate surface area is 295 Å². The molecular weight excluding hydrogens is 633 g/mol. The topological polar surface area (TPSA) is 95.8 Å². The first-order chi connectivity index (χ1) is 25.2. The fraction of sp³-hybridized carbons (Fsp3) is 0.143. The Balaban J connectivity index is 1.23. The molecule has 0 aliphatic rings. The second kappa shape index (κ2) is 13.8. The molecule has 0 atom stereocenters. The summed E-state index contributed by atoms with van der Waals surface area (Å²) in [5.41, 5.74) is 7.11. The molecule has 250 valence electrons. The summed E-state index contributed by atoms with van der Waals surface area (Å²) < 4.78 is 5.43. The van der Waals surface area contributed by atoms with Crippen LogP contribution in [0.3, 0.4) is 0 Å². The van der Waals surface area contributed by atoms with Crippen molar-refractivity contribution < 1.29 is 0 Å². The van der Waals surface area contributed by atoms with Gasteiger partial charge in [0.15, 0.2) is 5.82 Å². The quantitative estimate of drug-likeness (QED) is 0.133. The summed E-state index contributed by atoms with van der Waals surface area (Å²) in [4.78, 5) is 17.2. The monoisotopic (exact) mass is 668 g/mol. The first kappa shape index (κ1) is 31.8. The molecule has 0 unspecified atom stereocenters. The highest BCUT2D eigenvalue weighted by atomic mass is 16.1. The molecule has 5 aromatic carbocycles. The fourth-order valence-electron chi connectivity index (χ4n) is 7.11. The van der Waals surface area contributed by atoms with Gasteiger partial charge in [0, 0.05) is 17.3 Å². The second-order valence-electron chi connectivity index (χ2n) is 12.6. The van der Waals surface area contributed by atoms with Crippen molar-refractivity contribution in [1.82, 2.24) is 39.4 Å². The molecule has 9 heteroatoms. The average Bonchev–Trinajstić information content (AvgIpc) is 3.89. The molecule has 3 aromatic heterocycles. The van der Waals surface area contributed by atoms with Crippen LogP contribution in [0.5, 0.6) is 0 Å². The second-order valence-corrected chi connectivity index (χ2v) is 12.6. The highest BCUT2D eigenvalue weighted by Gasteiger charge is 2.42. The number of tetrazole rings is 1. The zero-order chi connectivity index (χ0) is 34.6. The van der Waals surface area contributed by atoms with E-state index in [2.05, 4.69) is 136 Å². The van der Waals surface area contributed by atoms with E-state index >= 15 is 0 Å². The number of benzene rings is 5. The van der Waals surface area contributed by atoms with Gasteiger partial charge >= 0.3 is 0 Å². The van der Waals surface area contributed by atoms with Gasteiger partial charge in [-0.1, -0.05) is 153 Å². The van der Waals surface area contributed by atoms with E-state index in [4.69, 9.17) is 10.3 Å². The van der Waals surface area contributed by atoms with Gasteiger partial charge < -0.3 is 4.57 Å². The van der Waals surface area contributed by atoms with E-state index in [0.29, 0.717) is 18.1 Å². The first-order valence-electron chi connectivity index (χ1n) is 17.2. The summed E-state index contributed by atoms with van der Waals surface area (Å²) >= 11 is 0. The minimum Gasteiger partial charge on any atom is -0.310 e. The number of nitrogens with zero attached hydrogens (tertiary/aromatic N) is 8. The lowest BCUT2D eigenvalue weighted by Gasteiger charge is -2.36. The van der Waals surface area contributed by atoms with E-state index < -0.39 is 5.54 Å². The molecule has 0 saturated carbocycles. The van der Waals surface area contributed by atoms with Gasteiger partial charge in [-0.25, -0.2) is 4.68 Å². The summed E-state index contributed by atoms with van der Waals surface area (Å²) in [6.07, 6.45) is 4.25. The van der Waals surface area contributed by atoms with Gasteiger partial charge in [0.2, 0.25) is 5.78 Å². The van der Waals surface area contributed by atoms with E-state index in [9.17, 15) is 4.79 Å². The lowest BCUT2D eigenvalue weighted by Crippen LogP contribution is -2.39. The van der Waals surface area contributed by atoms with Crippen LogP contribution in [0, 0.1) is 0 Å². The van der Waals surface area contributed by atoms with Gasteiger partial charge in [0.1, 0.15) is 11.9 Å². The van der Waals surface area contributed by atoms with Crippen LogP contribution in [0.15, 0.2) is 157 Å². The maximum Gasteiger partial charge on any atom is 0.275 e.